The molecule has 0 saturated heterocycles. The summed E-state index contributed by atoms with van der Waals surface area (Å²) in [5, 5.41) is 3.44. The van der Waals surface area contributed by atoms with E-state index in [1.54, 1.807) is 20.5 Å². The second-order valence-electron chi connectivity index (χ2n) is 3.85. The molecule has 2 heterocycles. The van der Waals surface area contributed by atoms with Crippen molar-refractivity contribution in [1.82, 2.24) is 15.3 Å². The topological polar surface area (TPSA) is 59.2 Å². The number of aromatic nitrogens is 2. The Bertz CT molecular complexity index is 318. The molecule has 5 nitrogen and oxygen atoms in total. The molecule has 84 valence electrons. The normalized spacial score (nSPS) is 18.8. The van der Waals surface area contributed by atoms with Crippen LogP contribution in [0.3, 0.4) is 0 Å². The molecule has 0 radical (unpaired) electrons. The van der Waals surface area contributed by atoms with Crippen molar-refractivity contribution in [2.45, 2.75) is 12.0 Å². The first-order valence-corrected chi connectivity index (χ1v) is 5.08. The van der Waals surface area contributed by atoms with Crippen LogP contribution in [-0.4, -0.2) is 43.9 Å². The van der Waals surface area contributed by atoms with Crippen molar-refractivity contribution in [3.63, 3.8) is 0 Å². The number of nitrogens with zero attached hydrogens (tertiary/aromatic N) is 1. The zero-order chi connectivity index (χ0) is 10.7. The maximum atomic E-state index is 5.27. The van der Waals surface area contributed by atoms with Crippen molar-refractivity contribution in [1.29, 1.82) is 0 Å². The number of imidazole rings is 1. The smallest absolute Gasteiger partial charge is 0.110 e. The Morgan fingerprint density at radius 2 is 2.13 bits per heavy atom. The molecule has 0 spiro atoms. The Hall–Kier alpha value is -0.910. The molecule has 1 aromatic rings. The van der Waals surface area contributed by atoms with Crippen molar-refractivity contribution in [3.05, 3.63) is 17.7 Å². The van der Waals surface area contributed by atoms with Gasteiger partial charge < -0.3 is 19.8 Å². The third-order valence-electron chi connectivity index (χ3n) is 2.79. The first-order valence-electron chi connectivity index (χ1n) is 5.08. The number of methoxy groups -OCH3 is 2. The van der Waals surface area contributed by atoms with Gasteiger partial charge in [0.05, 0.1) is 25.2 Å². The van der Waals surface area contributed by atoms with Crippen molar-refractivity contribution in [3.8, 4) is 0 Å². The second-order valence-corrected chi connectivity index (χ2v) is 3.85. The van der Waals surface area contributed by atoms with E-state index in [1.807, 2.05) is 0 Å². The SMILES string of the molecule is COCC1(COC)NCCc2[nH]cnc21. The van der Waals surface area contributed by atoms with E-state index < -0.39 is 0 Å². The summed E-state index contributed by atoms with van der Waals surface area (Å²) in [6.45, 7) is 2.05. The maximum Gasteiger partial charge on any atom is 0.110 e. The summed E-state index contributed by atoms with van der Waals surface area (Å²) in [5.74, 6) is 0. The second kappa shape index (κ2) is 4.30. The Labute approximate surface area is 89.2 Å². The van der Waals surface area contributed by atoms with Gasteiger partial charge in [-0.1, -0.05) is 0 Å². The fourth-order valence-electron chi connectivity index (χ4n) is 2.21. The summed E-state index contributed by atoms with van der Waals surface area (Å²) < 4.78 is 10.5. The van der Waals surface area contributed by atoms with E-state index in [4.69, 9.17) is 9.47 Å². The Kier molecular flexibility index (Phi) is 3.04. The number of hydrogen-bond acceptors (Lipinski definition) is 4. The highest BCUT2D eigenvalue weighted by atomic mass is 16.5. The Balaban J connectivity index is 2.33. The highest BCUT2D eigenvalue weighted by Gasteiger charge is 2.38. The number of aromatic amines is 1. The van der Waals surface area contributed by atoms with Crippen LogP contribution in [0.15, 0.2) is 6.33 Å². The summed E-state index contributed by atoms with van der Waals surface area (Å²) >= 11 is 0. The number of ether oxygens (including phenoxy) is 2. The summed E-state index contributed by atoms with van der Waals surface area (Å²) in [7, 11) is 3.39. The van der Waals surface area contributed by atoms with Crippen LogP contribution < -0.4 is 5.32 Å². The zero-order valence-corrected chi connectivity index (χ0v) is 9.17. The number of nitrogens with one attached hydrogen (secondary N) is 2. The van der Waals surface area contributed by atoms with E-state index in [-0.39, 0.29) is 5.54 Å². The molecule has 2 rings (SSSR count). The van der Waals surface area contributed by atoms with E-state index in [2.05, 4.69) is 15.3 Å². The molecule has 1 aliphatic rings. The van der Waals surface area contributed by atoms with Crippen LogP contribution in [-0.2, 0) is 21.4 Å². The average molecular weight is 211 g/mol. The predicted molar refractivity (Wildman–Crippen MR) is 55.7 cm³/mol. The lowest BCUT2D eigenvalue weighted by molar-refractivity contribution is 0.0337. The number of H-pyrrole nitrogens is 1. The van der Waals surface area contributed by atoms with Gasteiger partial charge in [0.1, 0.15) is 5.54 Å². The van der Waals surface area contributed by atoms with Crippen molar-refractivity contribution < 1.29 is 9.47 Å². The molecule has 0 aliphatic carbocycles. The van der Waals surface area contributed by atoms with Gasteiger partial charge in [-0.2, -0.15) is 0 Å². The zero-order valence-electron chi connectivity index (χ0n) is 9.17. The number of rotatable bonds is 4. The molecule has 0 unspecified atom stereocenters. The highest BCUT2D eigenvalue weighted by Crippen LogP contribution is 2.26. The molecular weight excluding hydrogens is 194 g/mol. The molecule has 0 fully saturated rings. The number of hydrogen-bond donors (Lipinski definition) is 2. The summed E-state index contributed by atoms with van der Waals surface area (Å²) in [5.41, 5.74) is 1.91. The molecule has 0 aromatic carbocycles. The minimum absolute atomic E-state index is 0.295. The van der Waals surface area contributed by atoms with Gasteiger partial charge in [-0.15, -0.1) is 0 Å². The molecule has 15 heavy (non-hydrogen) atoms. The quantitative estimate of drug-likeness (QED) is 0.738. The van der Waals surface area contributed by atoms with Gasteiger partial charge in [0, 0.05) is 32.9 Å². The lowest BCUT2D eigenvalue weighted by Gasteiger charge is -2.36. The van der Waals surface area contributed by atoms with Gasteiger partial charge in [-0.3, -0.25) is 0 Å². The molecule has 0 bridgehead atoms. The first kappa shape index (κ1) is 10.6. The van der Waals surface area contributed by atoms with Gasteiger partial charge >= 0.3 is 0 Å². The third kappa shape index (κ3) is 1.78. The van der Waals surface area contributed by atoms with Crippen LogP contribution in [0.1, 0.15) is 11.4 Å². The molecular formula is C10H17N3O2. The van der Waals surface area contributed by atoms with E-state index in [0.717, 1.165) is 18.7 Å². The monoisotopic (exact) mass is 211 g/mol. The first-order chi connectivity index (χ1) is 7.32. The predicted octanol–water partition coefficient (Wildman–Crippen LogP) is 0.0435. The Morgan fingerprint density at radius 3 is 2.80 bits per heavy atom. The van der Waals surface area contributed by atoms with Crippen molar-refractivity contribution in [2.75, 3.05) is 34.0 Å². The third-order valence-corrected chi connectivity index (χ3v) is 2.79. The summed E-state index contributed by atoms with van der Waals surface area (Å²) in [6, 6.07) is 0. The molecule has 1 aliphatic heterocycles. The van der Waals surface area contributed by atoms with Crippen LogP contribution in [0, 0.1) is 0 Å². The molecule has 5 heteroatoms. The van der Waals surface area contributed by atoms with E-state index >= 15 is 0 Å². The lowest BCUT2D eigenvalue weighted by Crippen LogP contribution is -2.53. The molecule has 0 atom stereocenters. The fourth-order valence-corrected chi connectivity index (χ4v) is 2.21. The van der Waals surface area contributed by atoms with Crippen LogP contribution in [0.4, 0.5) is 0 Å². The largest absolute Gasteiger partial charge is 0.382 e. The highest BCUT2D eigenvalue weighted by molar-refractivity contribution is 5.25. The summed E-state index contributed by atoms with van der Waals surface area (Å²) in [4.78, 5) is 7.54. The maximum absolute atomic E-state index is 5.27. The average Bonchev–Trinajstić information content (AvgIpc) is 2.68. The van der Waals surface area contributed by atoms with Gasteiger partial charge in [0.2, 0.25) is 0 Å². The van der Waals surface area contributed by atoms with Crippen LogP contribution in [0.2, 0.25) is 0 Å². The lowest BCUT2D eigenvalue weighted by atomic mass is 9.91. The minimum Gasteiger partial charge on any atom is -0.382 e. The standard InChI is InChI=1S/C10H17N3O2/c1-14-5-10(6-15-2)9-8(3-4-13-10)11-7-12-9/h7,13H,3-6H2,1-2H3,(H,11,12). The minimum atomic E-state index is -0.295. The van der Waals surface area contributed by atoms with Gasteiger partial charge in [-0.25, -0.2) is 4.98 Å². The van der Waals surface area contributed by atoms with Crippen molar-refractivity contribution >= 4 is 0 Å². The molecule has 2 N–H and O–H groups in total. The van der Waals surface area contributed by atoms with Crippen LogP contribution in [0.25, 0.3) is 0 Å². The van der Waals surface area contributed by atoms with Crippen LogP contribution in [0.5, 0.6) is 0 Å². The summed E-state index contributed by atoms with van der Waals surface area (Å²) in [6.07, 6.45) is 2.71. The van der Waals surface area contributed by atoms with E-state index in [0.29, 0.717) is 13.2 Å². The van der Waals surface area contributed by atoms with E-state index in [9.17, 15) is 0 Å². The van der Waals surface area contributed by atoms with Gasteiger partial charge in [-0.05, 0) is 0 Å². The molecule has 0 amide bonds. The van der Waals surface area contributed by atoms with Crippen molar-refractivity contribution in [2.24, 2.45) is 0 Å². The van der Waals surface area contributed by atoms with E-state index in [1.165, 1.54) is 5.69 Å². The fraction of sp³-hybridized carbons (Fsp3) is 0.700. The molecule has 0 saturated carbocycles. The molecule has 1 aromatic heterocycles. The van der Waals surface area contributed by atoms with Gasteiger partial charge in [0.15, 0.2) is 0 Å². The van der Waals surface area contributed by atoms with Crippen LogP contribution >= 0.6 is 0 Å². The Morgan fingerprint density at radius 1 is 1.40 bits per heavy atom. The van der Waals surface area contributed by atoms with Gasteiger partial charge in [0.25, 0.3) is 0 Å². The number of fused-ring (bicyclic) bond motifs is 1.